The normalized spacial score (nSPS) is 20.7. The maximum Gasteiger partial charge on any atom is 0.240 e. The molecule has 2 aromatic carbocycles. The summed E-state index contributed by atoms with van der Waals surface area (Å²) in [7, 11) is -3.54. The monoisotopic (exact) mass is 360 g/mol. The maximum absolute atomic E-state index is 12.9. The number of benzene rings is 2. The second kappa shape index (κ2) is 6.08. The van der Waals surface area contributed by atoms with Gasteiger partial charge >= 0.3 is 0 Å². The number of piperidine rings is 1. The van der Waals surface area contributed by atoms with Crippen LogP contribution < -0.4 is 10.0 Å². The lowest BCUT2D eigenvalue weighted by atomic mass is 9.80. The topological polar surface area (TPSA) is 58.2 Å². The molecular weight excluding hydrogens is 332 g/mol. The third-order valence-electron chi connectivity index (χ3n) is 4.79. The van der Waals surface area contributed by atoms with Crippen LogP contribution in [0.1, 0.15) is 46.1 Å². The van der Waals surface area contributed by atoms with Crippen LogP contribution in [0, 0.1) is 6.92 Å². The Balaban J connectivity index is 1.88. The van der Waals surface area contributed by atoms with Gasteiger partial charge in [0.15, 0.2) is 0 Å². The van der Waals surface area contributed by atoms with Crippen molar-refractivity contribution in [3.8, 4) is 0 Å². The van der Waals surface area contributed by atoms with Crippen molar-refractivity contribution in [1.82, 2.24) is 10.0 Å². The first-order valence-corrected chi connectivity index (χ1v) is 10.3. The number of aryl methyl sites for hydroxylation is 1. The quantitative estimate of drug-likeness (QED) is 0.877. The van der Waals surface area contributed by atoms with Crippen LogP contribution in [0.25, 0.3) is 10.8 Å². The molecule has 0 spiro atoms. The molecular formula is C20H28N2O2S. The van der Waals surface area contributed by atoms with Crippen LogP contribution in [-0.4, -0.2) is 25.5 Å². The van der Waals surface area contributed by atoms with Gasteiger partial charge in [0.2, 0.25) is 10.0 Å². The number of fused-ring (bicyclic) bond motifs is 1. The minimum Gasteiger partial charge on any atom is -0.307 e. The van der Waals surface area contributed by atoms with Gasteiger partial charge in [-0.3, -0.25) is 0 Å². The molecule has 5 heteroatoms. The maximum atomic E-state index is 12.9. The summed E-state index contributed by atoms with van der Waals surface area (Å²) in [5.41, 5.74) is 0.964. The van der Waals surface area contributed by atoms with Crippen molar-refractivity contribution < 1.29 is 8.42 Å². The summed E-state index contributed by atoms with van der Waals surface area (Å²) in [5, 5.41) is 5.58. The summed E-state index contributed by atoms with van der Waals surface area (Å²) >= 11 is 0. The smallest absolute Gasteiger partial charge is 0.240 e. The zero-order valence-corrected chi connectivity index (χ0v) is 16.5. The van der Waals surface area contributed by atoms with Crippen molar-refractivity contribution in [2.24, 2.45) is 0 Å². The van der Waals surface area contributed by atoms with E-state index in [4.69, 9.17) is 0 Å². The van der Waals surface area contributed by atoms with E-state index in [9.17, 15) is 8.42 Å². The van der Waals surface area contributed by atoms with Crippen LogP contribution in [0.5, 0.6) is 0 Å². The number of rotatable bonds is 3. The summed E-state index contributed by atoms with van der Waals surface area (Å²) < 4.78 is 28.7. The molecule has 0 amide bonds. The van der Waals surface area contributed by atoms with Gasteiger partial charge in [-0.2, -0.15) is 0 Å². The third-order valence-corrected chi connectivity index (χ3v) is 6.31. The Hall–Kier alpha value is -1.43. The summed E-state index contributed by atoms with van der Waals surface area (Å²) in [6.45, 7) is 10.5. The Morgan fingerprint density at radius 1 is 0.960 bits per heavy atom. The first-order chi connectivity index (χ1) is 11.5. The van der Waals surface area contributed by atoms with Crippen LogP contribution in [0.4, 0.5) is 0 Å². The Morgan fingerprint density at radius 2 is 1.52 bits per heavy atom. The van der Waals surface area contributed by atoms with Crippen molar-refractivity contribution in [2.45, 2.75) is 69.5 Å². The summed E-state index contributed by atoms with van der Waals surface area (Å²) in [4.78, 5) is 0.331. The van der Waals surface area contributed by atoms with Crippen molar-refractivity contribution in [2.75, 3.05) is 0 Å². The van der Waals surface area contributed by atoms with Crippen LogP contribution in [0.3, 0.4) is 0 Å². The van der Waals surface area contributed by atoms with Gasteiger partial charge in [-0.05, 0) is 70.4 Å². The lowest BCUT2D eigenvalue weighted by Crippen LogP contribution is -2.62. The average Bonchev–Trinajstić information content (AvgIpc) is 2.42. The largest absolute Gasteiger partial charge is 0.307 e. The van der Waals surface area contributed by atoms with Gasteiger partial charge in [0.1, 0.15) is 0 Å². The van der Waals surface area contributed by atoms with Crippen molar-refractivity contribution in [1.29, 1.82) is 0 Å². The SMILES string of the molecule is Cc1ccc2cc(S(=O)(=O)NC3CC(C)(C)NC(C)(C)C3)ccc2c1. The van der Waals surface area contributed by atoms with Crippen molar-refractivity contribution in [3.63, 3.8) is 0 Å². The minimum atomic E-state index is -3.54. The number of nitrogens with one attached hydrogen (secondary N) is 2. The molecule has 3 rings (SSSR count). The van der Waals surface area contributed by atoms with Gasteiger partial charge in [-0.25, -0.2) is 13.1 Å². The lowest BCUT2D eigenvalue weighted by Gasteiger charge is -2.46. The Labute approximate surface area is 151 Å². The van der Waals surface area contributed by atoms with Gasteiger partial charge in [0.05, 0.1) is 4.90 Å². The first-order valence-electron chi connectivity index (χ1n) is 8.78. The van der Waals surface area contributed by atoms with E-state index in [2.05, 4.69) is 43.8 Å². The zero-order chi connectivity index (χ0) is 18.5. The Kier molecular flexibility index (Phi) is 4.46. The number of hydrogen-bond acceptors (Lipinski definition) is 3. The van der Waals surface area contributed by atoms with Crippen LogP contribution in [0.15, 0.2) is 41.3 Å². The molecule has 1 saturated heterocycles. The van der Waals surface area contributed by atoms with E-state index in [0.717, 1.165) is 23.6 Å². The van der Waals surface area contributed by atoms with Crippen LogP contribution in [-0.2, 0) is 10.0 Å². The zero-order valence-electron chi connectivity index (χ0n) is 15.7. The molecule has 1 aliphatic heterocycles. The van der Waals surface area contributed by atoms with E-state index in [1.165, 1.54) is 5.56 Å². The van der Waals surface area contributed by atoms with E-state index in [1.54, 1.807) is 12.1 Å². The molecule has 0 saturated carbocycles. The van der Waals surface area contributed by atoms with E-state index >= 15 is 0 Å². The molecule has 1 aliphatic rings. The second-order valence-electron chi connectivity index (χ2n) is 8.63. The highest BCUT2D eigenvalue weighted by Crippen LogP contribution is 2.30. The van der Waals surface area contributed by atoms with Gasteiger partial charge < -0.3 is 5.32 Å². The second-order valence-corrected chi connectivity index (χ2v) is 10.3. The first kappa shape index (κ1) is 18.4. The Morgan fingerprint density at radius 3 is 2.16 bits per heavy atom. The molecule has 1 heterocycles. The molecule has 25 heavy (non-hydrogen) atoms. The predicted octanol–water partition coefficient (Wildman–Crippen LogP) is 3.74. The van der Waals surface area contributed by atoms with Gasteiger partial charge in [0, 0.05) is 17.1 Å². The predicted molar refractivity (Wildman–Crippen MR) is 103 cm³/mol. The fourth-order valence-electron chi connectivity index (χ4n) is 4.20. The van der Waals surface area contributed by atoms with E-state index in [1.807, 2.05) is 25.1 Å². The van der Waals surface area contributed by atoms with Gasteiger partial charge in [-0.1, -0.05) is 29.8 Å². The van der Waals surface area contributed by atoms with Crippen molar-refractivity contribution >= 4 is 20.8 Å². The molecule has 2 aromatic rings. The van der Waals surface area contributed by atoms with E-state index < -0.39 is 10.0 Å². The fraction of sp³-hybridized carbons (Fsp3) is 0.500. The summed E-state index contributed by atoms with van der Waals surface area (Å²) in [6.07, 6.45) is 1.53. The molecule has 0 unspecified atom stereocenters. The van der Waals surface area contributed by atoms with E-state index in [0.29, 0.717) is 4.90 Å². The van der Waals surface area contributed by atoms with Crippen LogP contribution >= 0.6 is 0 Å². The highest BCUT2D eigenvalue weighted by atomic mass is 32.2. The molecule has 1 fully saturated rings. The molecule has 0 radical (unpaired) electrons. The Bertz CT molecular complexity index is 885. The van der Waals surface area contributed by atoms with Crippen LogP contribution in [0.2, 0.25) is 0 Å². The highest BCUT2D eigenvalue weighted by molar-refractivity contribution is 7.89. The minimum absolute atomic E-state index is 0.0787. The molecule has 0 atom stereocenters. The summed E-state index contributed by atoms with van der Waals surface area (Å²) in [6, 6.07) is 11.3. The molecule has 4 nitrogen and oxygen atoms in total. The summed E-state index contributed by atoms with van der Waals surface area (Å²) in [5.74, 6) is 0. The third kappa shape index (κ3) is 4.22. The molecule has 0 bridgehead atoms. The highest BCUT2D eigenvalue weighted by Gasteiger charge is 2.39. The van der Waals surface area contributed by atoms with E-state index in [-0.39, 0.29) is 17.1 Å². The molecule has 0 aliphatic carbocycles. The standard InChI is InChI=1S/C20H28N2O2S/c1-14-6-7-16-11-18(9-8-15(16)10-14)25(23,24)21-17-12-19(2,3)22-20(4,5)13-17/h6-11,17,21-22H,12-13H2,1-5H3. The number of hydrogen-bond donors (Lipinski definition) is 2. The molecule has 136 valence electrons. The molecule has 0 aromatic heterocycles. The molecule has 2 N–H and O–H groups in total. The van der Waals surface area contributed by atoms with Crippen molar-refractivity contribution in [3.05, 3.63) is 42.0 Å². The van der Waals surface area contributed by atoms with Gasteiger partial charge in [0.25, 0.3) is 0 Å². The lowest BCUT2D eigenvalue weighted by molar-refractivity contribution is 0.157. The number of sulfonamides is 1. The average molecular weight is 361 g/mol. The van der Waals surface area contributed by atoms with Gasteiger partial charge in [-0.15, -0.1) is 0 Å². The fourth-order valence-corrected chi connectivity index (χ4v) is 5.47.